The maximum atomic E-state index is 12.0. The first-order valence-corrected chi connectivity index (χ1v) is 8.05. The number of hydrogen-bond acceptors (Lipinski definition) is 4. The van der Waals surface area contributed by atoms with Gasteiger partial charge in [-0.3, -0.25) is 4.21 Å². The second-order valence-corrected chi connectivity index (χ2v) is 7.47. The highest BCUT2D eigenvalue weighted by atomic mass is 32.2. The summed E-state index contributed by atoms with van der Waals surface area (Å²) in [7, 11) is -4.12. The smallest absolute Gasteiger partial charge is 0.218 e. The molecule has 1 saturated heterocycles. The third kappa shape index (κ3) is 2.99. The lowest BCUT2D eigenvalue weighted by molar-refractivity contribution is 0.428. The average Bonchev–Trinajstić information content (AvgIpc) is 2.19. The molecule has 0 radical (unpaired) electrons. The molecule has 0 spiro atoms. The van der Waals surface area contributed by atoms with Gasteiger partial charge in [0.1, 0.15) is 0 Å². The van der Waals surface area contributed by atoms with E-state index in [1.165, 1.54) is 4.31 Å². The monoisotopic (exact) mass is 254 g/mol. The van der Waals surface area contributed by atoms with Gasteiger partial charge in [-0.25, -0.2) is 8.42 Å². The molecular weight excluding hydrogens is 236 g/mol. The lowest BCUT2D eigenvalue weighted by Gasteiger charge is -2.28. The number of nitrogens with two attached hydrogens (primary N) is 1. The fraction of sp³-hybridized carbons (Fsp3) is 1.00. The molecule has 7 heteroatoms. The van der Waals surface area contributed by atoms with E-state index in [0.717, 1.165) is 0 Å². The molecule has 0 aromatic heterocycles. The van der Waals surface area contributed by atoms with Crippen molar-refractivity contribution in [2.24, 2.45) is 5.73 Å². The standard InChI is InChI=1S/C8H18N2O3S2/c1-2-8(7-9)15(12,13)10-3-5-14(11)6-4-10/h8H,2-7,9H2,1H3. The van der Waals surface area contributed by atoms with E-state index in [1.807, 2.05) is 6.92 Å². The van der Waals surface area contributed by atoms with Gasteiger partial charge < -0.3 is 5.73 Å². The molecule has 5 nitrogen and oxygen atoms in total. The first kappa shape index (κ1) is 13.1. The van der Waals surface area contributed by atoms with Crippen LogP contribution in [-0.4, -0.2) is 53.3 Å². The Kier molecular flexibility index (Phi) is 4.69. The minimum Gasteiger partial charge on any atom is -0.329 e. The van der Waals surface area contributed by atoms with Crippen molar-refractivity contribution in [3.05, 3.63) is 0 Å². The summed E-state index contributed by atoms with van der Waals surface area (Å²) in [5.41, 5.74) is 5.44. The maximum Gasteiger partial charge on any atom is 0.218 e. The fourth-order valence-corrected chi connectivity index (χ4v) is 4.65. The quantitative estimate of drug-likeness (QED) is 0.706. The Hall–Kier alpha value is 0.0200. The van der Waals surface area contributed by atoms with Gasteiger partial charge in [0.05, 0.1) is 5.25 Å². The number of nitrogens with zero attached hydrogens (tertiary/aromatic N) is 1. The molecule has 1 aliphatic rings. The van der Waals surface area contributed by atoms with Crippen molar-refractivity contribution < 1.29 is 12.6 Å². The Morgan fingerprint density at radius 3 is 2.33 bits per heavy atom. The molecule has 0 saturated carbocycles. The molecule has 0 bridgehead atoms. The zero-order valence-corrected chi connectivity index (χ0v) is 10.5. The van der Waals surface area contributed by atoms with E-state index in [-0.39, 0.29) is 6.54 Å². The summed E-state index contributed by atoms with van der Waals surface area (Å²) in [4.78, 5) is 0. The highest BCUT2D eigenvalue weighted by Crippen LogP contribution is 2.14. The lowest BCUT2D eigenvalue weighted by Crippen LogP contribution is -2.47. The average molecular weight is 254 g/mol. The third-order valence-corrected chi connectivity index (χ3v) is 6.37. The second kappa shape index (κ2) is 5.38. The van der Waals surface area contributed by atoms with Gasteiger partial charge in [-0.15, -0.1) is 0 Å². The van der Waals surface area contributed by atoms with Crippen LogP contribution in [-0.2, 0) is 20.8 Å². The van der Waals surface area contributed by atoms with Gasteiger partial charge in [0.25, 0.3) is 0 Å². The largest absolute Gasteiger partial charge is 0.329 e. The molecule has 1 rings (SSSR count). The summed E-state index contributed by atoms with van der Waals surface area (Å²) >= 11 is 0. The van der Waals surface area contributed by atoms with E-state index in [9.17, 15) is 12.6 Å². The van der Waals surface area contributed by atoms with Gasteiger partial charge in [-0.1, -0.05) is 6.92 Å². The number of sulfonamides is 1. The molecule has 1 heterocycles. The van der Waals surface area contributed by atoms with E-state index in [4.69, 9.17) is 5.73 Å². The molecule has 15 heavy (non-hydrogen) atoms. The second-order valence-electron chi connectivity index (χ2n) is 3.56. The molecule has 1 atom stereocenters. The van der Waals surface area contributed by atoms with Crippen LogP contribution in [0.4, 0.5) is 0 Å². The van der Waals surface area contributed by atoms with E-state index >= 15 is 0 Å². The van der Waals surface area contributed by atoms with Crippen molar-refractivity contribution in [2.45, 2.75) is 18.6 Å². The van der Waals surface area contributed by atoms with Crippen LogP contribution in [0.15, 0.2) is 0 Å². The van der Waals surface area contributed by atoms with Gasteiger partial charge in [-0.2, -0.15) is 4.31 Å². The van der Waals surface area contributed by atoms with Gasteiger partial charge >= 0.3 is 0 Å². The Bertz CT molecular complexity index is 315. The van der Waals surface area contributed by atoms with E-state index < -0.39 is 26.1 Å². The topological polar surface area (TPSA) is 80.5 Å². The Morgan fingerprint density at radius 1 is 1.40 bits per heavy atom. The van der Waals surface area contributed by atoms with Crippen LogP contribution < -0.4 is 5.73 Å². The van der Waals surface area contributed by atoms with Crippen molar-refractivity contribution in [3.63, 3.8) is 0 Å². The summed E-state index contributed by atoms with van der Waals surface area (Å²) in [5, 5.41) is -0.496. The van der Waals surface area contributed by atoms with Gasteiger partial charge in [0, 0.05) is 41.9 Å². The van der Waals surface area contributed by atoms with Crippen molar-refractivity contribution >= 4 is 20.8 Å². The number of hydrogen-bond donors (Lipinski definition) is 1. The van der Waals surface area contributed by atoms with Crippen molar-refractivity contribution in [2.75, 3.05) is 31.1 Å². The molecule has 0 amide bonds. The minimum absolute atomic E-state index is 0.151. The predicted molar refractivity (Wildman–Crippen MR) is 61.5 cm³/mol. The normalized spacial score (nSPS) is 22.8. The van der Waals surface area contributed by atoms with Gasteiger partial charge in [0.15, 0.2) is 0 Å². The molecule has 1 aliphatic heterocycles. The molecule has 1 unspecified atom stereocenters. The fourth-order valence-electron chi connectivity index (χ4n) is 1.59. The molecule has 0 aromatic carbocycles. The molecule has 0 aliphatic carbocycles. The van der Waals surface area contributed by atoms with Gasteiger partial charge in [-0.05, 0) is 6.42 Å². The summed E-state index contributed by atoms with van der Waals surface area (Å²) < 4.78 is 36.5. The zero-order chi connectivity index (χ0) is 11.5. The summed E-state index contributed by atoms with van der Waals surface area (Å²) in [6, 6.07) is 0. The van der Waals surface area contributed by atoms with Crippen LogP contribution in [0, 0.1) is 0 Å². The van der Waals surface area contributed by atoms with Crippen LogP contribution in [0.25, 0.3) is 0 Å². The first-order valence-electron chi connectivity index (χ1n) is 5.06. The first-order chi connectivity index (χ1) is 7.02. The van der Waals surface area contributed by atoms with Crippen molar-refractivity contribution in [1.82, 2.24) is 4.31 Å². The number of rotatable bonds is 4. The molecular formula is C8H18N2O3S2. The molecule has 0 aromatic rings. The summed E-state index contributed by atoms with van der Waals surface area (Å²) in [5.74, 6) is 0.889. The van der Waals surface area contributed by atoms with E-state index in [1.54, 1.807) is 0 Å². The van der Waals surface area contributed by atoms with Gasteiger partial charge in [0.2, 0.25) is 10.0 Å². The highest BCUT2D eigenvalue weighted by Gasteiger charge is 2.31. The third-order valence-electron chi connectivity index (χ3n) is 2.64. The summed E-state index contributed by atoms with van der Waals surface area (Å²) in [6.45, 7) is 2.70. The zero-order valence-electron chi connectivity index (χ0n) is 8.89. The minimum atomic E-state index is -3.27. The van der Waals surface area contributed by atoms with E-state index in [0.29, 0.717) is 31.0 Å². The van der Waals surface area contributed by atoms with E-state index in [2.05, 4.69) is 0 Å². The Balaban J connectivity index is 2.73. The van der Waals surface area contributed by atoms with Crippen LogP contribution >= 0.6 is 0 Å². The van der Waals surface area contributed by atoms with Crippen molar-refractivity contribution in [1.29, 1.82) is 0 Å². The maximum absolute atomic E-state index is 12.0. The van der Waals surface area contributed by atoms with Crippen molar-refractivity contribution in [3.8, 4) is 0 Å². The molecule has 90 valence electrons. The molecule has 1 fully saturated rings. The predicted octanol–water partition coefficient (Wildman–Crippen LogP) is -0.882. The lowest BCUT2D eigenvalue weighted by atomic mass is 10.3. The van der Waals surface area contributed by atoms with Crippen LogP contribution in [0.2, 0.25) is 0 Å². The van der Waals surface area contributed by atoms with Crippen LogP contribution in [0.1, 0.15) is 13.3 Å². The Labute approximate surface area is 93.5 Å². The van der Waals surface area contributed by atoms with Crippen LogP contribution in [0.5, 0.6) is 0 Å². The highest BCUT2D eigenvalue weighted by molar-refractivity contribution is 7.90. The Morgan fingerprint density at radius 2 is 1.93 bits per heavy atom. The SMILES string of the molecule is CCC(CN)S(=O)(=O)N1CCS(=O)CC1. The van der Waals surface area contributed by atoms with Crippen LogP contribution in [0.3, 0.4) is 0 Å². The molecule has 2 N–H and O–H groups in total. The summed E-state index contributed by atoms with van der Waals surface area (Å²) in [6.07, 6.45) is 0.526.